The molecule has 2 aromatic rings. The molecule has 1 aromatic carbocycles. The van der Waals surface area contributed by atoms with Gasteiger partial charge in [0, 0.05) is 5.33 Å². The van der Waals surface area contributed by atoms with Gasteiger partial charge >= 0.3 is 6.18 Å². The quantitative estimate of drug-likeness (QED) is 0.778. The van der Waals surface area contributed by atoms with Gasteiger partial charge in [-0.2, -0.15) is 13.2 Å². The summed E-state index contributed by atoms with van der Waals surface area (Å²) in [5, 5.41) is 8.06. The summed E-state index contributed by atoms with van der Waals surface area (Å²) in [6, 6.07) is 3.08. The normalized spacial score (nSPS) is 11.8. The van der Waals surface area contributed by atoms with E-state index in [2.05, 4.69) is 26.2 Å². The summed E-state index contributed by atoms with van der Waals surface area (Å²) >= 11 is 9.02. The molecule has 0 radical (unpaired) electrons. The van der Waals surface area contributed by atoms with Gasteiger partial charge in [0.2, 0.25) is 0 Å². The zero-order valence-corrected chi connectivity index (χ0v) is 11.1. The van der Waals surface area contributed by atoms with Crippen molar-refractivity contribution >= 4 is 27.5 Å². The van der Waals surface area contributed by atoms with Crippen LogP contribution in [-0.2, 0) is 11.5 Å². The van der Waals surface area contributed by atoms with Crippen molar-refractivity contribution in [1.29, 1.82) is 0 Å². The number of aromatic nitrogens is 3. The molecule has 0 unspecified atom stereocenters. The average molecular weight is 341 g/mol. The van der Waals surface area contributed by atoms with Gasteiger partial charge in [-0.3, -0.25) is 0 Å². The maximum absolute atomic E-state index is 12.5. The molecule has 0 aliphatic carbocycles. The first-order chi connectivity index (χ1) is 8.41. The summed E-state index contributed by atoms with van der Waals surface area (Å²) in [4.78, 5) is 0. The van der Waals surface area contributed by atoms with E-state index in [4.69, 9.17) is 11.6 Å². The molecule has 2 rings (SSSR count). The van der Waals surface area contributed by atoms with Crippen LogP contribution in [-0.4, -0.2) is 15.0 Å². The summed E-state index contributed by atoms with van der Waals surface area (Å²) in [5.41, 5.74) is 0.215. The van der Waals surface area contributed by atoms with Gasteiger partial charge < -0.3 is 0 Å². The van der Waals surface area contributed by atoms with Crippen molar-refractivity contribution in [3.8, 4) is 5.69 Å². The zero-order valence-electron chi connectivity index (χ0n) is 8.75. The Bertz CT molecular complexity index is 568. The van der Waals surface area contributed by atoms with E-state index in [-0.39, 0.29) is 5.02 Å². The van der Waals surface area contributed by atoms with Gasteiger partial charge in [0.1, 0.15) is 0 Å². The lowest BCUT2D eigenvalue weighted by Crippen LogP contribution is -2.06. The molecule has 0 fully saturated rings. The summed E-state index contributed by atoms with van der Waals surface area (Å²) in [6.07, 6.45) is -2.82. The molecule has 1 heterocycles. The minimum Gasteiger partial charge on any atom is -0.219 e. The Balaban J connectivity index is 2.41. The lowest BCUT2D eigenvalue weighted by molar-refractivity contribution is -0.137. The fourth-order valence-electron chi connectivity index (χ4n) is 1.35. The number of hydrogen-bond acceptors (Lipinski definition) is 2. The Morgan fingerprint density at radius 1 is 1.33 bits per heavy atom. The van der Waals surface area contributed by atoms with Crippen molar-refractivity contribution in [2.45, 2.75) is 11.5 Å². The molecule has 0 bridgehead atoms. The zero-order chi connectivity index (χ0) is 13.3. The van der Waals surface area contributed by atoms with Crippen LogP contribution in [0, 0.1) is 0 Å². The van der Waals surface area contributed by atoms with Crippen molar-refractivity contribution in [2.24, 2.45) is 0 Å². The van der Waals surface area contributed by atoms with Crippen LogP contribution in [0.25, 0.3) is 5.69 Å². The second-order valence-electron chi connectivity index (χ2n) is 3.45. The van der Waals surface area contributed by atoms with Crippen LogP contribution >= 0.6 is 27.5 Å². The molecule has 0 saturated carbocycles. The maximum atomic E-state index is 12.5. The van der Waals surface area contributed by atoms with E-state index in [0.717, 1.165) is 12.1 Å². The minimum absolute atomic E-state index is 0.0316. The molecule has 0 amide bonds. The van der Waals surface area contributed by atoms with Gasteiger partial charge in [0.05, 0.1) is 28.2 Å². The van der Waals surface area contributed by atoms with E-state index in [0.29, 0.717) is 16.7 Å². The summed E-state index contributed by atoms with van der Waals surface area (Å²) in [5.74, 6) is 0. The van der Waals surface area contributed by atoms with Crippen LogP contribution < -0.4 is 0 Å². The van der Waals surface area contributed by atoms with Gasteiger partial charge in [-0.15, -0.1) is 5.10 Å². The number of rotatable bonds is 2. The molecule has 8 heteroatoms. The van der Waals surface area contributed by atoms with Crippen LogP contribution in [0.3, 0.4) is 0 Å². The average Bonchev–Trinajstić information content (AvgIpc) is 2.76. The van der Waals surface area contributed by atoms with Crippen molar-refractivity contribution < 1.29 is 13.2 Å². The molecule has 0 atom stereocenters. The first-order valence-electron chi connectivity index (χ1n) is 4.76. The Hall–Kier alpha value is -1.08. The predicted molar refractivity (Wildman–Crippen MR) is 64.0 cm³/mol. The lowest BCUT2D eigenvalue weighted by Gasteiger charge is -2.09. The summed E-state index contributed by atoms with van der Waals surface area (Å²) in [7, 11) is 0. The van der Waals surface area contributed by atoms with E-state index in [1.54, 1.807) is 6.20 Å². The fraction of sp³-hybridized carbons (Fsp3) is 0.200. The lowest BCUT2D eigenvalue weighted by atomic mass is 10.2. The second-order valence-corrected chi connectivity index (χ2v) is 4.42. The topological polar surface area (TPSA) is 30.7 Å². The molecule has 0 N–H and O–H groups in total. The standard InChI is InChI=1S/C10H6BrClF3N3/c11-4-7-5-18(17-16-7)9-2-1-6(3-8(9)12)10(13,14)15/h1-3,5H,4H2. The third kappa shape index (κ3) is 2.67. The minimum atomic E-state index is -4.41. The molecule has 3 nitrogen and oxygen atoms in total. The Morgan fingerprint density at radius 2 is 2.06 bits per heavy atom. The molecule has 0 aliphatic heterocycles. The van der Waals surface area contributed by atoms with Crippen molar-refractivity contribution in [2.75, 3.05) is 0 Å². The molecule has 18 heavy (non-hydrogen) atoms. The molecular weight excluding hydrogens is 334 g/mol. The Kier molecular flexibility index (Phi) is 3.63. The Morgan fingerprint density at radius 3 is 2.56 bits per heavy atom. The van der Waals surface area contributed by atoms with E-state index in [9.17, 15) is 13.2 Å². The van der Waals surface area contributed by atoms with Crippen molar-refractivity contribution in [1.82, 2.24) is 15.0 Å². The SMILES string of the molecule is FC(F)(F)c1ccc(-n2cc(CBr)nn2)c(Cl)c1. The number of halogens is 5. The first kappa shape index (κ1) is 13.4. The number of alkyl halides is 4. The molecule has 1 aromatic heterocycles. The monoisotopic (exact) mass is 339 g/mol. The molecule has 0 saturated heterocycles. The second kappa shape index (κ2) is 4.89. The molecule has 96 valence electrons. The third-order valence-corrected chi connectivity index (χ3v) is 3.08. The number of hydrogen-bond donors (Lipinski definition) is 0. The van der Waals surface area contributed by atoms with Crippen molar-refractivity contribution in [3.63, 3.8) is 0 Å². The largest absolute Gasteiger partial charge is 0.416 e. The van der Waals surface area contributed by atoms with Crippen LogP contribution in [0.1, 0.15) is 11.3 Å². The van der Waals surface area contributed by atoms with Crippen LogP contribution in [0.5, 0.6) is 0 Å². The smallest absolute Gasteiger partial charge is 0.219 e. The van der Waals surface area contributed by atoms with Crippen LogP contribution in [0.2, 0.25) is 5.02 Å². The third-order valence-electron chi connectivity index (χ3n) is 2.20. The predicted octanol–water partition coefficient (Wildman–Crippen LogP) is 3.83. The van der Waals surface area contributed by atoms with Crippen LogP contribution in [0.15, 0.2) is 24.4 Å². The van der Waals surface area contributed by atoms with E-state index < -0.39 is 11.7 Å². The van der Waals surface area contributed by atoms with Gasteiger partial charge in [-0.1, -0.05) is 32.7 Å². The highest BCUT2D eigenvalue weighted by atomic mass is 79.9. The Labute approximate surface area is 114 Å². The van der Waals surface area contributed by atoms with Gasteiger partial charge in [0.25, 0.3) is 0 Å². The summed E-state index contributed by atoms with van der Waals surface area (Å²) in [6.45, 7) is 0. The highest BCUT2D eigenvalue weighted by Crippen LogP contribution is 2.32. The highest BCUT2D eigenvalue weighted by molar-refractivity contribution is 9.08. The van der Waals surface area contributed by atoms with E-state index >= 15 is 0 Å². The first-order valence-corrected chi connectivity index (χ1v) is 6.26. The van der Waals surface area contributed by atoms with E-state index in [1.165, 1.54) is 10.7 Å². The maximum Gasteiger partial charge on any atom is 0.416 e. The molecular formula is C10H6BrClF3N3. The van der Waals surface area contributed by atoms with Crippen LogP contribution in [0.4, 0.5) is 13.2 Å². The summed E-state index contributed by atoms with van der Waals surface area (Å²) < 4.78 is 38.7. The van der Waals surface area contributed by atoms with Gasteiger partial charge in [-0.25, -0.2) is 4.68 Å². The fourth-order valence-corrected chi connectivity index (χ4v) is 1.87. The van der Waals surface area contributed by atoms with E-state index in [1.807, 2.05) is 0 Å². The van der Waals surface area contributed by atoms with Gasteiger partial charge in [0.15, 0.2) is 0 Å². The van der Waals surface area contributed by atoms with Gasteiger partial charge in [-0.05, 0) is 18.2 Å². The molecule has 0 aliphatic rings. The number of benzene rings is 1. The number of nitrogens with zero attached hydrogens (tertiary/aromatic N) is 3. The molecule has 0 spiro atoms. The van der Waals surface area contributed by atoms with Crippen molar-refractivity contribution in [3.05, 3.63) is 40.7 Å². The highest BCUT2D eigenvalue weighted by Gasteiger charge is 2.31.